The zero-order valence-electron chi connectivity index (χ0n) is 11.3. The molecule has 0 aromatic heterocycles. The fourth-order valence-corrected chi connectivity index (χ4v) is 2.34. The fraction of sp³-hybridized carbons (Fsp3) is 0.500. The number of rotatable bonds is 2. The van der Waals surface area contributed by atoms with E-state index in [4.69, 9.17) is 0 Å². The average Bonchev–Trinajstić information content (AvgIpc) is 2.41. The molecule has 1 aliphatic heterocycles. The molecule has 5 heteroatoms. The van der Waals surface area contributed by atoms with Gasteiger partial charge in [0, 0.05) is 18.7 Å². The summed E-state index contributed by atoms with van der Waals surface area (Å²) in [5.74, 6) is -0.291. The smallest absolute Gasteiger partial charge is 0.253 e. The molecule has 0 radical (unpaired) electrons. The van der Waals surface area contributed by atoms with E-state index >= 15 is 0 Å². The van der Waals surface area contributed by atoms with Crippen LogP contribution in [-0.4, -0.2) is 37.0 Å². The lowest BCUT2D eigenvalue weighted by Crippen LogP contribution is -2.43. The first-order valence-corrected chi connectivity index (χ1v) is 6.33. The van der Waals surface area contributed by atoms with Gasteiger partial charge in [-0.15, -0.1) is 12.4 Å². The van der Waals surface area contributed by atoms with Crippen molar-refractivity contribution in [2.45, 2.75) is 25.8 Å². The molecule has 19 heavy (non-hydrogen) atoms. The van der Waals surface area contributed by atoms with Gasteiger partial charge in [-0.3, -0.25) is 4.79 Å². The predicted octanol–water partition coefficient (Wildman–Crippen LogP) is 2.38. The molecular weight excluding hydrogens is 267 g/mol. The molecule has 0 spiro atoms. The first-order chi connectivity index (χ1) is 8.59. The number of nitrogens with one attached hydrogen (secondary N) is 1. The van der Waals surface area contributed by atoms with Crippen molar-refractivity contribution in [1.29, 1.82) is 0 Å². The molecule has 106 valence electrons. The summed E-state index contributed by atoms with van der Waals surface area (Å²) in [5, 5.41) is 3.28. The zero-order valence-corrected chi connectivity index (χ0v) is 12.1. The number of benzene rings is 1. The summed E-state index contributed by atoms with van der Waals surface area (Å²) in [5.41, 5.74) is 1.08. The number of amides is 1. The second-order valence-electron chi connectivity index (χ2n) is 4.86. The largest absolute Gasteiger partial charge is 0.339 e. The lowest BCUT2D eigenvalue weighted by molar-refractivity contribution is 0.0703. The number of carbonyl (C=O) groups excluding carboxylic acids is 1. The maximum atomic E-state index is 13.2. The van der Waals surface area contributed by atoms with E-state index in [9.17, 15) is 9.18 Å². The maximum Gasteiger partial charge on any atom is 0.253 e. The maximum absolute atomic E-state index is 13.2. The summed E-state index contributed by atoms with van der Waals surface area (Å²) in [6.45, 7) is 3.58. The van der Waals surface area contributed by atoms with Gasteiger partial charge in [0.05, 0.1) is 0 Å². The Hall–Kier alpha value is -1.13. The van der Waals surface area contributed by atoms with E-state index in [2.05, 4.69) is 5.32 Å². The van der Waals surface area contributed by atoms with E-state index in [0.717, 1.165) is 25.9 Å². The topological polar surface area (TPSA) is 32.3 Å². The van der Waals surface area contributed by atoms with Crippen molar-refractivity contribution in [1.82, 2.24) is 10.2 Å². The molecule has 0 saturated carbocycles. The molecule has 1 aliphatic rings. The van der Waals surface area contributed by atoms with Crippen LogP contribution < -0.4 is 5.32 Å². The third kappa shape index (κ3) is 3.67. The van der Waals surface area contributed by atoms with Gasteiger partial charge in [0.2, 0.25) is 0 Å². The molecule has 1 saturated heterocycles. The summed E-state index contributed by atoms with van der Waals surface area (Å²) >= 11 is 0. The summed E-state index contributed by atoms with van der Waals surface area (Å²) in [4.78, 5) is 14.1. The molecule has 1 aromatic rings. The minimum Gasteiger partial charge on any atom is -0.339 e. The third-order valence-electron chi connectivity index (χ3n) is 3.58. The summed E-state index contributed by atoms with van der Waals surface area (Å²) < 4.78 is 13.2. The number of piperidine rings is 1. The van der Waals surface area contributed by atoms with Gasteiger partial charge in [-0.05, 0) is 56.6 Å². The van der Waals surface area contributed by atoms with Crippen molar-refractivity contribution >= 4 is 18.3 Å². The van der Waals surface area contributed by atoms with Crippen LogP contribution in [0.2, 0.25) is 0 Å². The molecule has 1 N–H and O–H groups in total. The van der Waals surface area contributed by atoms with E-state index in [1.165, 1.54) is 6.07 Å². The fourth-order valence-electron chi connectivity index (χ4n) is 2.34. The van der Waals surface area contributed by atoms with Gasteiger partial charge in [0.25, 0.3) is 5.91 Å². The first kappa shape index (κ1) is 15.9. The van der Waals surface area contributed by atoms with Gasteiger partial charge in [0.15, 0.2) is 0 Å². The lowest BCUT2D eigenvalue weighted by Gasteiger charge is -2.31. The second kappa shape index (κ2) is 6.87. The number of aryl methyl sites for hydroxylation is 1. The Labute approximate surface area is 119 Å². The number of halogens is 2. The first-order valence-electron chi connectivity index (χ1n) is 6.33. The van der Waals surface area contributed by atoms with Gasteiger partial charge in [-0.1, -0.05) is 0 Å². The van der Waals surface area contributed by atoms with E-state index in [1.807, 2.05) is 7.05 Å². The Balaban J connectivity index is 0.00000180. The average molecular weight is 287 g/mol. The molecule has 0 unspecified atom stereocenters. The number of nitrogens with zero attached hydrogens (tertiary/aromatic N) is 1. The molecule has 1 fully saturated rings. The quantitative estimate of drug-likeness (QED) is 0.905. The van der Waals surface area contributed by atoms with Crippen molar-refractivity contribution in [2.75, 3.05) is 20.1 Å². The normalized spacial score (nSPS) is 15.7. The van der Waals surface area contributed by atoms with Gasteiger partial charge >= 0.3 is 0 Å². The molecule has 1 amide bonds. The highest BCUT2D eigenvalue weighted by Gasteiger charge is 2.22. The Morgan fingerprint density at radius 1 is 1.37 bits per heavy atom. The van der Waals surface area contributed by atoms with Crippen molar-refractivity contribution in [3.8, 4) is 0 Å². The Bertz CT molecular complexity index is 447. The molecule has 2 rings (SSSR count). The van der Waals surface area contributed by atoms with Crippen LogP contribution >= 0.6 is 12.4 Å². The minimum atomic E-state index is -0.268. The predicted molar refractivity (Wildman–Crippen MR) is 76.4 cm³/mol. The monoisotopic (exact) mass is 286 g/mol. The molecule has 3 nitrogen and oxygen atoms in total. The Morgan fingerprint density at radius 3 is 2.58 bits per heavy atom. The lowest BCUT2D eigenvalue weighted by atomic mass is 10.0. The summed E-state index contributed by atoms with van der Waals surface area (Å²) in [6, 6.07) is 4.82. The molecule has 1 aromatic carbocycles. The van der Waals surface area contributed by atoms with E-state index in [0.29, 0.717) is 11.1 Å². The minimum absolute atomic E-state index is 0. The molecular formula is C14H20ClFN2O. The van der Waals surface area contributed by atoms with E-state index in [1.54, 1.807) is 24.0 Å². The zero-order chi connectivity index (χ0) is 13.1. The van der Waals surface area contributed by atoms with E-state index < -0.39 is 0 Å². The van der Waals surface area contributed by atoms with Crippen LogP contribution in [0.1, 0.15) is 28.8 Å². The molecule has 0 bridgehead atoms. The highest BCUT2D eigenvalue weighted by Crippen LogP contribution is 2.16. The van der Waals surface area contributed by atoms with Gasteiger partial charge in [0.1, 0.15) is 5.82 Å². The van der Waals surface area contributed by atoms with Crippen molar-refractivity contribution < 1.29 is 9.18 Å². The standard InChI is InChI=1S/C14H19FN2O.ClH/c1-10-9-11(3-4-13(10)15)14(18)17(2)12-5-7-16-8-6-12;/h3-4,9,12,16H,5-8H2,1-2H3;1H. The van der Waals surface area contributed by atoms with Crippen LogP contribution in [0.25, 0.3) is 0 Å². The van der Waals surface area contributed by atoms with Gasteiger partial charge < -0.3 is 10.2 Å². The molecule has 0 atom stereocenters. The van der Waals surface area contributed by atoms with Crippen LogP contribution in [0, 0.1) is 12.7 Å². The van der Waals surface area contributed by atoms with Crippen molar-refractivity contribution in [2.24, 2.45) is 0 Å². The number of hydrogen-bond acceptors (Lipinski definition) is 2. The molecule has 0 aliphatic carbocycles. The highest BCUT2D eigenvalue weighted by atomic mass is 35.5. The Morgan fingerprint density at radius 2 is 2.00 bits per heavy atom. The van der Waals surface area contributed by atoms with Crippen LogP contribution in [0.3, 0.4) is 0 Å². The third-order valence-corrected chi connectivity index (χ3v) is 3.58. The van der Waals surface area contributed by atoms with Crippen LogP contribution in [0.5, 0.6) is 0 Å². The van der Waals surface area contributed by atoms with E-state index in [-0.39, 0.29) is 30.2 Å². The number of hydrogen-bond donors (Lipinski definition) is 1. The van der Waals surface area contributed by atoms with Crippen molar-refractivity contribution in [3.05, 3.63) is 35.1 Å². The number of carbonyl (C=O) groups is 1. The van der Waals surface area contributed by atoms with Gasteiger partial charge in [-0.2, -0.15) is 0 Å². The van der Waals surface area contributed by atoms with Crippen LogP contribution in [-0.2, 0) is 0 Å². The van der Waals surface area contributed by atoms with Crippen LogP contribution in [0.15, 0.2) is 18.2 Å². The highest BCUT2D eigenvalue weighted by molar-refractivity contribution is 5.94. The van der Waals surface area contributed by atoms with Crippen molar-refractivity contribution in [3.63, 3.8) is 0 Å². The SMILES string of the molecule is Cc1cc(C(=O)N(C)C2CCNCC2)ccc1F.Cl. The van der Waals surface area contributed by atoms with Gasteiger partial charge in [-0.25, -0.2) is 4.39 Å². The van der Waals surface area contributed by atoms with Crippen LogP contribution in [0.4, 0.5) is 4.39 Å². The second-order valence-corrected chi connectivity index (χ2v) is 4.86. The molecule has 1 heterocycles. The summed E-state index contributed by atoms with van der Waals surface area (Å²) in [7, 11) is 1.83. The Kier molecular flexibility index (Phi) is 5.76. The summed E-state index contributed by atoms with van der Waals surface area (Å²) in [6.07, 6.45) is 1.95.